The Morgan fingerprint density at radius 3 is 2.26 bits per heavy atom. The number of ether oxygens (including phenoxy) is 2. The number of carbonyl (C=O) groups excluding carboxylic acids is 1. The van der Waals surface area contributed by atoms with Crippen molar-refractivity contribution in [1.82, 2.24) is 10.3 Å². The normalized spacial score (nSPS) is 15.4. The number of urea groups is 1. The number of aliphatic carboxylic acids is 1. The Labute approximate surface area is 207 Å². The molecule has 0 spiro atoms. The van der Waals surface area contributed by atoms with Crippen molar-refractivity contribution in [3.63, 3.8) is 0 Å². The zero-order valence-corrected chi connectivity index (χ0v) is 21.5. The van der Waals surface area contributed by atoms with E-state index in [9.17, 15) is 14.7 Å². The number of hydrogen-bond donors (Lipinski definition) is 3. The number of hydrogen-bond acceptors (Lipinski definition) is 5. The summed E-state index contributed by atoms with van der Waals surface area (Å²) in [6.45, 7) is 9.03. The van der Waals surface area contributed by atoms with Crippen molar-refractivity contribution >= 4 is 17.8 Å². The van der Waals surface area contributed by atoms with Gasteiger partial charge in [0, 0.05) is 22.9 Å². The third kappa shape index (κ3) is 6.72. The second-order valence-corrected chi connectivity index (χ2v) is 10.1. The summed E-state index contributed by atoms with van der Waals surface area (Å²) in [4.78, 5) is 29.9. The molecule has 1 heterocycles. The van der Waals surface area contributed by atoms with E-state index >= 15 is 0 Å². The van der Waals surface area contributed by atoms with Crippen LogP contribution in [0.1, 0.15) is 75.8 Å². The van der Waals surface area contributed by atoms with Gasteiger partial charge in [0.15, 0.2) is 6.10 Å². The molecule has 0 bridgehead atoms. The van der Waals surface area contributed by atoms with E-state index in [2.05, 4.69) is 15.6 Å². The van der Waals surface area contributed by atoms with Gasteiger partial charge in [0.2, 0.25) is 0 Å². The molecule has 1 aliphatic carbocycles. The van der Waals surface area contributed by atoms with Gasteiger partial charge in [0.25, 0.3) is 0 Å². The van der Waals surface area contributed by atoms with Crippen LogP contribution >= 0.6 is 0 Å². The van der Waals surface area contributed by atoms with Gasteiger partial charge in [0.1, 0.15) is 11.6 Å². The van der Waals surface area contributed by atoms with Crippen LogP contribution in [0.4, 0.5) is 10.6 Å². The van der Waals surface area contributed by atoms with E-state index in [-0.39, 0.29) is 12.1 Å². The Balaban J connectivity index is 2.08. The third-order valence-electron chi connectivity index (χ3n) is 6.18. The van der Waals surface area contributed by atoms with Crippen molar-refractivity contribution in [3.05, 3.63) is 41.1 Å². The maximum atomic E-state index is 12.8. The van der Waals surface area contributed by atoms with Crippen molar-refractivity contribution in [2.75, 3.05) is 12.4 Å². The molecule has 3 N–H and O–H groups in total. The Morgan fingerprint density at radius 2 is 1.71 bits per heavy atom. The zero-order chi connectivity index (χ0) is 25.8. The fraction of sp³-hybridized carbons (Fsp3) is 0.519. The standard InChI is InChI=1S/C27H37N3O5/c1-16-21(23(25(31)32)35-27(3,4)5)22(18-12-14-20(34-6)15-13-18)17(2)28-24(16)30-26(33)29-19-10-8-7-9-11-19/h12-15,19,23H,7-11H2,1-6H3,(H,31,32)(H2,28,29,30,33)/t23-/m1/s1. The van der Waals surface area contributed by atoms with E-state index in [0.717, 1.165) is 31.2 Å². The van der Waals surface area contributed by atoms with E-state index in [1.54, 1.807) is 14.0 Å². The number of benzene rings is 1. The van der Waals surface area contributed by atoms with E-state index in [4.69, 9.17) is 9.47 Å². The molecule has 1 aromatic heterocycles. The second kappa shape index (κ2) is 11.1. The number of aromatic nitrogens is 1. The molecule has 35 heavy (non-hydrogen) atoms. The van der Waals surface area contributed by atoms with E-state index in [1.165, 1.54) is 6.42 Å². The van der Waals surface area contributed by atoms with Crippen LogP contribution in [0.15, 0.2) is 24.3 Å². The van der Waals surface area contributed by atoms with Crippen LogP contribution in [-0.2, 0) is 9.53 Å². The average Bonchev–Trinajstić information content (AvgIpc) is 2.79. The van der Waals surface area contributed by atoms with Crippen LogP contribution in [0.5, 0.6) is 5.75 Å². The lowest BCUT2D eigenvalue weighted by molar-refractivity contribution is -0.160. The summed E-state index contributed by atoms with van der Waals surface area (Å²) < 4.78 is 11.3. The highest BCUT2D eigenvalue weighted by atomic mass is 16.5. The quantitative estimate of drug-likeness (QED) is 0.461. The Kier molecular flexibility index (Phi) is 8.38. The summed E-state index contributed by atoms with van der Waals surface area (Å²) in [7, 11) is 1.59. The largest absolute Gasteiger partial charge is 0.497 e. The number of rotatable bonds is 7. The van der Waals surface area contributed by atoms with Gasteiger partial charge < -0.3 is 19.9 Å². The summed E-state index contributed by atoms with van der Waals surface area (Å²) in [5, 5.41) is 16.1. The minimum atomic E-state index is -1.25. The van der Waals surface area contributed by atoms with Crippen molar-refractivity contribution < 1.29 is 24.2 Å². The Morgan fingerprint density at radius 1 is 1.09 bits per heavy atom. The fourth-order valence-electron chi connectivity index (χ4n) is 4.55. The first-order chi connectivity index (χ1) is 16.5. The lowest BCUT2D eigenvalue weighted by Crippen LogP contribution is -2.39. The van der Waals surface area contributed by atoms with Gasteiger partial charge in [-0.15, -0.1) is 0 Å². The van der Waals surface area contributed by atoms with Gasteiger partial charge in [-0.1, -0.05) is 31.4 Å². The maximum absolute atomic E-state index is 12.8. The number of carboxylic acids is 1. The highest BCUT2D eigenvalue weighted by Gasteiger charge is 2.33. The Bertz CT molecular complexity index is 1050. The van der Waals surface area contributed by atoms with Crippen LogP contribution in [0.25, 0.3) is 11.1 Å². The van der Waals surface area contributed by atoms with E-state index < -0.39 is 17.7 Å². The molecule has 1 fully saturated rings. The van der Waals surface area contributed by atoms with Crippen LogP contribution < -0.4 is 15.4 Å². The molecule has 190 valence electrons. The molecule has 3 rings (SSSR count). The molecule has 1 aromatic carbocycles. The Hall–Kier alpha value is -3.13. The molecule has 8 nitrogen and oxygen atoms in total. The topological polar surface area (TPSA) is 110 Å². The van der Waals surface area contributed by atoms with Gasteiger partial charge >= 0.3 is 12.0 Å². The van der Waals surface area contributed by atoms with Crippen LogP contribution in [0.3, 0.4) is 0 Å². The second-order valence-electron chi connectivity index (χ2n) is 10.1. The van der Waals surface area contributed by atoms with Gasteiger partial charge in [-0.3, -0.25) is 5.32 Å². The highest BCUT2D eigenvalue weighted by molar-refractivity contribution is 5.91. The van der Waals surface area contributed by atoms with E-state index in [0.29, 0.717) is 34.0 Å². The predicted octanol–water partition coefficient (Wildman–Crippen LogP) is 5.77. The first-order valence-corrected chi connectivity index (χ1v) is 12.1. The number of pyridine rings is 1. The molecule has 0 unspecified atom stereocenters. The van der Waals surface area contributed by atoms with E-state index in [1.807, 2.05) is 52.0 Å². The predicted molar refractivity (Wildman–Crippen MR) is 136 cm³/mol. The smallest absolute Gasteiger partial charge is 0.337 e. The number of nitrogens with one attached hydrogen (secondary N) is 2. The number of aryl methyl sites for hydroxylation is 1. The van der Waals surface area contributed by atoms with Gasteiger partial charge in [-0.05, 0) is 70.7 Å². The lowest BCUT2D eigenvalue weighted by atomic mass is 9.91. The number of methoxy groups -OCH3 is 1. The maximum Gasteiger partial charge on any atom is 0.337 e. The minimum absolute atomic E-state index is 0.138. The molecule has 1 saturated carbocycles. The van der Waals surface area contributed by atoms with Crippen molar-refractivity contribution in [1.29, 1.82) is 0 Å². The summed E-state index contributed by atoms with van der Waals surface area (Å²) in [6, 6.07) is 7.17. The number of nitrogens with zero attached hydrogens (tertiary/aromatic N) is 1. The first kappa shape index (κ1) is 26.5. The number of carboxylic acid groups (broad SMARTS) is 1. The number of anilines is 1. The van der Waals surface area contributed by atoms with Crippen molar-refractivity contribution in [3.8, 4) is 16.9 Å². The molecule has 2 aromatic rings. The average molecular weight is 484 g/mol. The van der Waals surface area contributed by atoms with Gasteiger partial charge in [-0.2, -0.15) is 0 Å². The highest BCUT2D eigenvalue weighted by Crippen LogP contribution is 2.39. The van der Waals surface area contributed by atoms with Gasteiger partial charge in [0.05, 0.1) is 12.7 Å². The van der Waals surface area contributed by atoms with Crippen molar-refractivity contribution in [2.45, 2.75) is 84.5 Å². The van der Waals surface area contributed by atoms with Crippen LogP contribution in [0.2, 0.25) is 0 Å². The first-order valence-electron chi connectivity index (χ1n) is 12.1. The molecular weight excluding hydrogens is 446 g/mol. The lowest BCUT2D eigenvalue weighted by Gasteiger charge is -2.29. The molecule has 0 radical (unpaired) electrons. The number of carbonyl (C=O) groups is 2. The van der Waals surface area contributed by atoms with Crippen LogP contribution in [-0.4, -0.2) is 40.8 Å². The SMILES string of the molecule is COc1ccc(-c2c(C)nc(NC(=O)NC3CCCCC3)c(C)c2[C@@H](OC(C)(C)C)C(=O)O)cc1. The fourth-order valence-corrected chi connectivity index (χ4v) is 4.55. The monoisotopic (exact) mass is 483 g/mol. The van der Waals surface area contributed by atoms with Crippen molar-refractivity contribution in [2.24, 2.45) is 0 Å². The minimum Gasteiger partial charge on any atom is -0.497 e. The molecule has 1 atom stereocenters. The molecular formula is C27H37N3O5. The molecule has 1 aliphatic rings. The summed E-state index contributed by atoms with van der Waals surface area (Å²) in [5.41, 5.74) is 2.36. The molecule has 8 heteroatoms. The molecule has 0 saturated heterocycles. The summed E-state index contributed by atoms with van der Waals surface area (Å²) in [6.07, 6.45) is 4.07. The number of amides is 2. The third-order valence-corrected chi connectivity index (χ3v) is 6.18. The van der Waals surface area contributed by atoms with Crippen LogP contribution in [0, 0.1) is 13.8 Å². The van der Waals surface area contributed by atoms with Gasteiger partial charge in [-0.25, -0.2) is 14.6 Å². The molecule has 0 aliphatic heterocycles. The summed E-state index contributed by atoms with van der Waals surface area (Å²) in [5.74, 6) is -0.0937. The molecule has 2 amide bonds. The summed E-state index contributed by atoms with van der Waals surface area (Å²) >= 11 is 0. The zero-order valence-electron chi connectivity index (χ0n) is 21.5.